The van der Waals surface area contributed by atoms with Crippen molar-refractivity contribution in [3.05, 3.63) is 103 Å². The third kappa shape index (κ3) is 4.41. The number of halogens is 1. The first kappa shape index (κ1) is 23.8. The van der Waals surface area contributed by atoms with Gasteiger partial charge in [-0.05, 0) is 60.7 Å². The van der Waals surface area contributed by atoms with E-state index in [0.29, 0.717) is 11.4 Å². The van der Waals surface area contributed by atoms with Gasteiger partial charge in [0.2, 0.25) is 0 Å². The molecule has 36 heavy (non-hydrogen) atoms. The quantitative estimate of drug-likeness (QED) is 0.315. The number of para-hydroxylation sites is 2. The van der Waals surface area contributed by atoms with Crippen LogP contribution in [0.25, 0.3) is 21.8 Å². The summed E-state index contributed by atoms with van der Waals surface area (Å²) < 4.78 is 49.1. The van der Waals surface area contributed by atoms with Gasteiger partial charge in [-0.15, -0.1) is 0 Å². The molecule has 1 heterocycles. The highest BCUT2D eigenvalue weighted by Crippen LogP contribution is 2.30. The van der Waals surface area contributed by atoms with E-state index in [4.69, 9.17) is 4.74 Å². The zero-order chi connectivity index (χ0) is 25.3. The fraction of sp³-hybridized carbons (Fsp3) is 0.143. The number of benzene rings is 4. The van der Waals surface area contributed by atoms with E-state index in [-0.39, 0.29) is 18.0 Å². The second-order valence-corrected chi connectivity index (χ2v) is 10.3. The number of anilines is 1. The molecule has 184 valence electrons. The van der Waals surface area contributed by atoms with Crippen molar-refractivity contribution in [2.45, 2.75) is 17.5 Å². The smallest absolute Gasteiger partial charge is 0.264 e. The molecule has 4 aromatic carbocycles. The maximum absolute atomic E-state index is 13.6. The lowest BCUT2D eigenvalue weighted by atomic mass is 10.2. The van der Waals surface area contributed by atoms with Gasteiger partial charge in [-0.25, -0.2) is 12.8 Å². The van der Waals surface area contributed by atoms with Crippen molar-refractivity contribution in [3.63, 3.8) is 0 Å². The average molecular weight is 505 g/mol. The van der Waals surface area contributed by atoms with E-state index >= 15 is 0 Å². The van der Waals surface area contributed by atoms with E-state index < -0.39 is 21.9 Å². The van der Waals surface area contributed by atoms with Crippen LogP contribution in [0.3, 0.4) is 0 Å². The fourth-order valence-electron chi connectivity index (χ4n) is 4.48. The molecule has 1 aromatic heterocycles. The Bertz CT molecular complexity index is 1560. The minimum Gasteiger partial charge on any atom is -0.497 e. The number of nitrogens with zero attached hydrogens (tertiary/aromatic N) is 2. The number of rotatable bonds is 8. The monoisotopic (exact) mass is 504 g/mol. The molecule has 6 nitrogen and oxygen atoms in total. The zero-order valence-electron chi connectivity index (χ0n) is 19.6. The van der Waals surface area contributed by atoms with Crippen LogP contribution >= 0.6 is 0 Å². The minimum absolute atomic E-state index is 0.0659. The Labute approximate surface area is 208 Å². The van der Waals surface area contributed by atoms with E-state index in [2.05, 4.69) is 0 Å². The van der Waals surface area contributed by atoms with Gasteiger partial charge in [0.05, 0.1) is 36.9 Å². The normalized spacial score (nSPS) is 12.6. The van der Waals surface area contributed by atoms with Gasteiger partial charge < -0.3 is 14.4 Å². The fourth-order valence-corrected chi connectivity index (χ4v) is 5.99. The maximum Gasteiger partial charge on any atom is 0.264 e. The van der Waals surface area contributed by atoms with Gasteiger partial charge in [0, 0.05) is 21.8 Å². The van der Waals surface area contributed by atoms with Gasteiger partial charge in [0.25, 0.3) is 10.0 Å². The lowest BCUT2D eigenvalue weighted by Gasteiger charge is -2.27. The number of sulfonamides is 1. The number of aromatic nitrogens is 1. The molecule has 5 rings (SSSR count). The Morgan fingerprint density at radius 1 is 0.861 bits per heavy atom. The first-order valence-corrected chi connectivity index (χ1v) is 12.9. The van der Waals surface area contributed by atoms with E-state index in [9.17, 15) is 17.9 Å². The van der Waals surface area contributed by atoms with Crippen molar-refractivity contribution in [2.24, 2.45) is 0 Å². The predicted octanol–water partition coefficient (Wildman–Crippen LogP) is 5.20. The summed E-state index contributed by atoms with van der Waals surface area (Å²) in [5, 5.41) is 13.3. The standard InChI is InChI=1S/C28H25FN2O4S/c1-35-23-14-12-21(13-15-23)31(36(33,34)24-16-10-20(29)11-17-24)19-22(32)18-30-27-8-4-2-6-25(27)26-7-3-5-9-28(26)30/h2-17,22,32H,18-19H2,1H3. The largest absolute Gasteiger partial charge is 0.497 e. The first-order valence-electron chi connectivity index (χ1n) is 11.4. The third-order valence-electron chi connectivity index (χ3n) is 6.21. The van der Waals surface area contributed by atoms with Crippen LogP contribution in [0, 0.1) is 5.82 Å². The first-order chi connectivity index (χ1) is 17.4. The van der Waals surface area contributed by atoms with Crippen LogP contribution in [0.15, 0.2) is 102 Å². The molecule has 0 spiro atoms. The maximum atomic E-state index is 13.6. The molecule has 8 heteroatoms. The van der Waals surface area contributed by atoms with E-state index in [1.165, 1.54) is 19.2 Å². The van der Waals surface area contributed by atoms with Crippen LogP contribution in [-0.2, 0) is 16.6 Å². The number of hydrogen-bond acceptors (Lipinski definition) is 4. The second-order valence-electron chi connectivity index (χ2n) is 8.49. The van der Waals surface area contributed by atoms with Crippen LogP contribution in [-0.4, -0.2) is 37.8 Å². The Balaban J connectivity index is 1.52. The zero-order valence-corrected chi connectivity index (χ0v) is 20.4. The molecule has 0 saturated heterocycles. The van der Waals surface area contributed by atoms with Crippen molar-refractivity contribution in [3.8, 4) is 5.75 Å². The Morgan fingerprint density at radius 2 is 1.42 bits per heavy atom. The molecule has 1 unspecified atom stereocenters. The van der Waals surface area contributed by atoms with Crippen LogP contribution in [0.4, 0.5) is 10.1 Å². The molecule has 5 aromatic rings. The highest BCUT2D eigenvalue weighted by atomic mass is 32.2. The summed E-state index contributed by atoms with van der Waals surface area (Å²) in [6.45, 7) is -0.0213. The summed E-state index contributed by atoms with van der Waals surface area (Å²) >= 11 is 0. The molecule has 0 aliphatic carbocycles. The molecule has 0 bridgehead atoms. The lowest BCUT2D eigenvalue weighted by Crippen LogP contribution is -2.39. The van der Waals surface area contributed by atoms with Gasteiger partial charge >= 0.3 is 0 Å². The minimum atomic E-state index is -4.09. The van der Waals surface area contributed by atoms with Crippen LogP contribution < -0.4 is 9.04 Å². The lowest BCUT2D eigenvalue weighted by molar-refractivity contribution is 0.166. The molecule has 0 radical (unpaired) electrons. The number of hydrogen-bond donors (Lipinski definition) is 1. The molecular weight excluding hydrogens is 479 g/mol. The van der Waals surface area contributed by atoms with Gasteiger partial charge in [0.15, 0.2) is 0 Å². The molecule has 1 atom stereocenters. The molecule has 1 N–H and O–H groups in total. The highest BCUT2D eigenvalue weighted by molar-refractivity contribution is 7.92. The third-order valence-corrected chi connectivity index (χ3v) is 8.02. The van der Waals surface area contributed by atoms with E-state index in [1.807, 2.05) is 53.1 Å². The average Bonchev–Trinajstić information content (AvgIpc) is 3.21. The summed E-state index contributed by atoms with van der Waals surface area (Å²) in [4.78, 5) is -0.0659. The summed E-state index contributed by atoms with van der Waals surface area (Å²) in [6, 6.07) is 27.0. The molecule has 0 fully saturated rings. The number of aliphatic hydroxyl groups excluding tert-OH is 1. The number of fused-ring (bicyclic) bond motifs is 3. The van der Waals surface area contributed by atoms with Crippen molar-refractivity contribution in [2.75, 3.05) is 18.0 Å². The van der Waals surface area contributed by atoms with Crippen molar-refractivity contribution in [1.82, 2.24) is 4.57 Å². The molecular formula is C28H25FN2O4S. The summed E-state index contributed by atoms with van der Waals surface area (Å²) in [6.07, 6.45) is -1.04. The van der Waals surface area contributed by atoms with Gasteiger partial charge in [-0.2, -0.15) is 0 Å². The number of aliphatic hydroxyl groups is 1. The Morgan fingerprint density at radius 3 is 1.97 bits per heavy atom. The SMILES string of the molecule is COc1ccc(N(CC(O)Cn2c3ccccc3c3ccccc32)S(=O)(=O)c2ccc(F)cc2)cc1. The van der Waals surface area contributed by atoms with Gasteiger partial charge in [0.1, 0.15) is 11.6 Å². The topological polar surface area (TPSA) is 71.8 Å². The Hall–Kier alpha value is -3.88. The number of ether oxygens (including phenoxy) is 1. The van der Waals surface area contributed by atoms with E-state index in [1.54, 1.807) is 24.3 Å². The molecule has 0 amide bonds. The predicted molar refractivity (Wildman–Crippen MR) is 139 cm³/mol. The second kappa shape index (κ2) is 9.64. The molecule has 0 aliphatic rings. The van der Waals surface area contributed by atoms with E-state index in [0.717, 1.165) is 38.2 Å². The van der Waals surface area contributed by atoms with Crippen molar-refractivity contribution < 1.29 is 22.7 Å². The van der Waals surface area contributed by atoms with Gasteiger partial charge in [-0.3, -0.25) is 4.31 Å². The Kier molecular flexibility index (Phi) is 6.38. The highest BCUT2D eigenvalue weighted by Gasteiger charge is 2.28. The number of methoxy groups -OCH3 is 1. The molecule has 0 saturated carbocycles. The summed E-state index contributed by atoms with van der Waals surface area (Å²) in [5.41, 5.74) is 2.27. The van der Waals surface area contributed by atoms with Crippen LogP contribution in [0.2, 0.25) is 0 Å². The van der Waals surface area contributed by atoms with Crippen molar-refractivity contribution >= 4 is 37.5 Å². The molecule has 0 aliphatic heterocycles. The van der Waals surface area contributed by atoms with Crippen LogP contribution in [0.5, 0.6) is 5.75 Å². The summed E-state index contributed by atoms with van der Waals surface area (Å²) in [5.74, 6) is 0.0417. The van der Waals surface area contributed by atoms with Gasteiger partial charge in [-0.1, -0.05) is 36.4 Å². The van der Waals surface area contributed by atoms with Crippen molar-refractivity contribution in [1.29, 1.82) is 0 Å². The van der Waals surface area contributed by atoms with Crippen LogP contribution in [0.1, 0.15) is 0 Å². The summed E-state index contributed by atoms with van der Waals surface area (Å²) in [7, 11) is -2.57.